The van der Waals surface area contributed by atoms with Gasteiger partial charge in [0.25, 0.3) is 0 Å². The molecule has 0 saturated carbocycles. The van der Waals surface area contributed by atoms with E-state index in [1.165, 1.54) is 0 Å². The first-order valence-corrected chi connectivity index (χ1v) is 8.66. The summed E-state index contributed by atoms with van der Waals surface area (Å²) in [6.07, 6.45) is 1.98. The van der Waals surface area contributed by atoms with Gasteiger partial charge >= 0.3 is 6.09 Å². The molecule has 0 aromatic rings. The van der Waals surface area contributed by atoms with Gasteiger partial charge in [-0.1, -0.05) is 22.6 Å². The first kappa shape index (κ1) is 16.3. The Labute approximate surface area is 134 Å². The molecule has 6 heteroatoms. The lowest BCUT2D eigenvalue weighted by Crippen LogP contribution is -2.48. The molecule has 2 aliphatic heterocycles. The quantitative estimate of drug-likeness (QED) is 0.504. The summed E-state index contributed by atoms with van der Waals surface area (Å²) in [6.45, 7) is 7.89. The van der Waals surface area contributed by atoms with E-state index >= 15 is 0 Å². The van der Waals surface area contributed by atoms with Crippen LogP contribution in [0.5, 0.6) is 0 Å². The van der Waals surface area contributed by atoms with E-state index in [2.05, 4.69) is 22.6 Å². The smallest absolute Gasteiger partial charge is 0.410 e. The zero-order valence-corrected chi connectivity index (χ0v) is 14.6. The highest BCUT2D eigenvalue weighted by molar-refractivity contribution is 14.1. The number of hydrogen-bond acceptors (Lipinski definition) is 4. The topological polar surface area (TPSA) is 48.0 Å². The van der Waals surface area contributed by atoms with Crippen molar-refractivity contribution in [2.75, 3.05) is 30.7 Å². The first-order chi connectivity index (χ1) is 9.34. The second kappa shape index (κ2) is 6.36. The molecule has 0 radical (unpaired) electrons. The van der Waals surface area contributed by atoms with Crippen molar-refractivity contribution in [3.05, 3.63) is 0 Å². The average Bonchev–Trinajstić information content (AvgIpc) is 2.61. The Bertz CT molecular complexity index is 358. The van der Waals surface area contributed by atoms with Gasteiger partial charge in [-0.2, -0.15) is 0 Å². The molecule has 1 unspecified atom stereocenters. The molecule has 2 rings (SSSR count). The molecule has 0 aromatic carbocycles. The van der Waals surface area contributed by atoms with Crippen LogP contribution in [0.2, 0.25) is 0 Å². The third-order valence-corrected chi connectivity index (χ3v) is 4.49. The minimum Gasteiger partial charge on any atom is -0.444 e. The van der Waals surface area contributed by atoms with Gasteiger partial charge in [0.1, 0.15) is 11.2 Å². The first-order valence-electron chi connectivity index (χ1n) is 7.13. The van der Waals surface area contributed by atoms with Crippen LogP contribution < -0.4 is 0 Å². The molecule has 2 saturated heterocycles. The lowest BCUT2D eigenvalue weighted by atomic mass is 10.0. The summed E-state index contributed by atoms with van der Waals surface area (Å²) in [5.74, 6) is 0. The lowest BCUT2D eigenvalue weighted by molar-refractivity contribution is -0.0796. The molecule has 0 aromatic heterocycles. The van der Waals surface area contributed by atoms with Gasteiger partial charge in [-0.3, -0.25) is 0 Å². The molecule has 5 nitrogen and oxygen atoms in total. The Morgan fingerprint density at radius 3 is 2.85 bits per heavy atom. The van der Waals surface area contributed by atoms with Crippen LogP contribution in [0, 0.1) is 0 Å². The lowest BCUT2D eigenvalue weighted by Gasteiger charge is -2.32. The molecule has 0 bridgehead atoms. The van der Waals surface area contributed by atoms with Crippen molar-refractivity contribution in [2.24, 2.45) is 0 Å². The van der Waals surface area contributed by atoms with Crippen molar-refractivity contribution in [1.29, 1.82) is 0 Å². The van der Waals surface area contributed by atoms with Crippen LogP contribution in [0.4, 0.5) is 4.79 Å². The van der Waals surface area contributed by atoms with E-state index in [1.54, 1.807) is 4.90 Å². The normalized spacial score (nSPS) is 31.4. The molecular formula is C14H24INO4. The SMILES string of the molecule is CC(C)(C)OC(=O)N1CCOC[C@@]2(CCC(CI)O2)C1. The van der Waals surface area contributed by atoms with Gasteiger partial charge in [0.2, 0.25) is 0 Å². The number of carbonyl (C=O) groups is 1. The number of carbonyl (C=O) groups excluding carboxylic acids is 1. The largest absolute Gasteiger partial charge is 0.444 e. The molecule has 0 N–H and O–H groups in total. The molecule has 20 heavy (non-hydrogen) atoms. The molecule has 2 atom stereocenters. The van der Waals surface area contributed by atoms with Crippen molar-refractivity contribution in [1.82, 2.24) is 4.90 Å². The molecule has 2 fully saturated rings. The molecule has 2 aliphatic rings. The number of nitrogens with zero attached hydrogens (tertiary/aromatic N) is 1. The number of amides is 1. The second-order valence-corrected chi connectivity index (χ2v) is 7.45. The van der Waals surface area contributed by atoms with Crippen LogP contribution in [0.15, 0.2) is 0 Å². The number of halogens is 1. The van der Waals surface area contributed by atoms with E-state index < -0.39 is 5.60 Å². The van der Waals surface area contributed by atoms with Crippen LogP contribution in [-0.4, -0.2) is 59.0 Å². The Morgan fingerprint density at radius 2 is 2.25 bits per heavy atom. The van der Waals surface area contributed by atoms with Crippen LogP contribution in [-0.2, 0) is 14.2 Å². The zero-order valence-electron chi connectivity index (χ0n) is 12.5. The highest BCUT2D eigenvalue weighted by Gasteiger charge is 2.44. The van der Waals surface area contributed by atoms with E-state index in [-0.39, 0.29) is 17.8 Å². The standard InChI is InChI=1S/C14H24INO4/c1-13(2,3)20-12(17)16-6-7-18-10-14(9-16)5-4-11(8-15)19-14/h11H,4-10H2,1-3H3/t11?,14-/m1/s1. The van der Waals surface area contributed by atoms with Gasteiger partial charge in [-0.25, -0.2) is 4.79 Å². The highest BCUT2D eigenvalue weighted by atomic mass is 127. The Balaban J connectivity index is 2.02. The van der Waals surface area contributed by atoms with Gasteiger partial charge in [-0.15, -0.1) is 0 Å². The van der Waals surface area contributed by atoms with Crippen LogP contribution in [0.1, 0.15) is 33.6 Å². The Morgan fingerprint density at radius 1 is 1.50 bits per heavy atom. The van der Waals surface area contributed by atoms with Crippen molar-refractivity contribution < 1.29 is 19.0 Å². The van der Waals surface area contributed by atoms with E-state index in [9.17, 15) is 4.79 Å². The third kappa shape index (κ3) is 4.21. The summed E-state index contributed by atoms with van der Waals surface area (Å²) in [6, 6.07) is 0. The number of ether oxygens (including phenoxy) is 3. The summed E-state index contributed by atoms with van der Waals surface area (Å²) < 4.78 is 18.2. The fourth-order valence-electron chi connectivity index (χ4n) is 2.61. The minimum atomic E-state index is -0.474. The Hall–Kier alpha value is -0.0800. The summed E-state index contributed by atoms with van der Waals surface area (Å²) in [5, 5.41) is 0. The predicted octanol–water partition coefficient (Wildman–Crippen LogP) is 2.61. The monoisotopic (exact) mass is 397 g/mol. The van der Waals surface area contributed by atoms with Gasteiger partial charge < -0.3 is 19.1 Å². The maximum Gasteiger partial charge on any atom is 0.410 e. The Kier molecular flexibility index (Phi) is 5.18. The zero-order chi connectivity index (χ0) is 14.8. The van der Waals surface area contributed by atoms with Crippen molar-refractivity contribution in [3.8, 4) is 0 Å². The molecule has 2 heterocycles. The number of hydrogen-bond donors (Lipinski definition) is 0. The molecular weight excluding hydrogens is 373 g/mol. The summed E-state index contributed by atoms with van der Waals surface area (Å²) >= 11 is 2.34. The number of rotatable bonds is 1. The predicted molar refractivity (Wildman–Crippen MR) is 84.4 cm³/mol. The fraction of sp³-hybridized carbons (Fsp3) is 0.929. The van der Waals surface area contributed by atoms with Gasteiger partial charge in [0.05, 0.1) is 25.9 Å². The van der Waals surface area contributed by atoms with Gasteiger partial charge in [0.15, 0.2) is 0 Å². The van der Waals surface area contributed by atoms with Crippen molar-refractivity contribution in [2.45, 2.75) is 50.9 Å². The number of alkyl halides is 1. The third-order valence-electron chi connectivity index (χ3n) is 3.51. The van der Waals surface area contributed by atoms with E-state index in [1.807, 2.05) is 20.8 Å². The fourth-order valence-corrected chi connectivity index (χ4v) is 3.23. The van der Waals surface area contributed by atoms with Crippen molar-refractivity contribution in [3.63, 3.8) is 0 Å². The van der Waals surface area contributed by atoms with Crippen molar-refractivity contribution >= 4 is 28.7 Å². The maximum atomic E-state index is 12.2. The molecule has 0 aliphatic carbocycles. The second-order valence-electron chi connectivity index (χ2n) is 6.57. The molecule has 1 spiro atoms. The molecule has 1 amide bonds. The van der Waals surface area contributed by atoms with Crippen LogP contribution in [0.3, 0.4) is 0 Å². The van der Waals surface area contributed by atoms with E-state index in [0.717, 1.165) is 17.3 Å². The minimum absolute atomic E-state index is 0.274. The summed E-state index contributed by atoms with van der Waals surface area (Å²) in [7, 11) is 0. The highest BCUT2D eigenvalue weighted by Crippen LogP contribution is 2.34. The summed E-state index contributed by atoms with van der Waals surface area (Å²) in [5.41, 5.74) is -0.818. The van der Waals surface area contributed by atoms with E-state index in [4.69, 9.17) is 14.2 Å². The summed E-state index contributed by atoms with van der Waals surface area (Å²) in [4.78, 5) is 14.0. The maximum absolute atomic E-state index is 12.2. The van der Waals surface area contributed by atoms with E-state index in [0.29, 0.717) is 26.3 Å². The molecule has 116 valence electrons. The average molecular weight is 397 g/mol. The van der Waals surface area contributed by atoms with Gasteiger partial charge in [0, 0.05) is 11.0 Å². The van der Waals surface area contributed by atoms with Crippen LogP contribution >= 0.6 is 22.6 Å². The van der Waals surface area contributed by atoms with Gasteiger partial charge in [-0.05, 0) is 33.6 Å². The van der Waals surface area contributed by atoms with Crippen LogP contribution in [0.25, 0.3) is 0 Å².